The quantitative estimate of drug-likeness (QED) is 0.845. The van der Waals surface area contributed by atoms with Gasteiger partial charge in [-0.15, -0.1) is 0 Å². The summed E-state index contributed by atoms with van der Waals surface area (Å²) < 4.78 is 0. The van der Waals surface area contributed by atoms with Gasteiger partial charge in [0.1, 0.15) is 0 Å². The van der Waals surface area contributed by atoms with Crippen LogP contribution >= 0.6 is 0 Å². The third kappa shape index (κ3) is 2.78. The molecule has 1 atom stereocenters. The van der Waals surface area contributed by atoms with Crippen molar-refractivity contribution < 1.29 is 0 Å². The molecule has 1 saturated heterocycles. The topological polar surface area (TPSA) is 53.0 Å². The zero-order valence-electron chi connectivity index (χ0n) is 10.3. The van der Waals surface area contributed by atoms with Crippen LogP contribution in [0.5, 0.6) is 0 Å². The second-order valence-electron chi connectivity index (χ2n) is 4.85. The molecule has 0 spiro atoms. The van der Waals surface area contributed by atoms with E-state index in [9.17, 15) is 0 Å². The second kappa shape index (κ2) is 5.20. The van der Waals surface area contributed by atoms with Crippen molar-refractivity contribution in [3.63, 3.8) is 0 Å². The highest BCUT2D eigenvalue weighted by Crippen LogP contribution is 2.25. The molecule has 0 saturated carbocycles. The molecule has 0 amide bonds. The molecule has 1 aromatic rings. The maximum atomic E-state index is 8.89. The molecule has 1 fully saturated rings. The van der Waals surface area contributed by atoms with E-state index in [1.54, 1.807) is 0 Å². The monoisotopic (exact) mass is 229 g/mol. The van der Waals surface area contributed by atoms with Gasteiger partial charge in [0, 0.05) is 24.8 Å². The van der Waals surface area contributed by atoms with E-state index >= 15 is 0 Å². The number of nitrogens with zero attached hydrogens (tertiary/aromatic N) is 2. The van der Waals surface area contributed by atoms with Crippen LogP contribution in [-0.2, 0) is 0 Å². The highest BCUT2D eigenvalue weighted by atomic mass is 15.1. The van der Waals surface area contributed by atoms with E-state index in [1.165, 1.54) is 0 Å². The summed E-state index contributed by atoms with van der Waals surface area (Å²) >= 11 is 0. The average molecular weight is 229 g/mol. The minimum absolute atomic E-state index is 0.294. The van der Waals surface area contributed by atoms with Crippen LogP contribution in [0.2, 0.25) is 0 Å². The first-order valence-corrected chi connectivity index (χ1v) is 6.21. The standard InChI is InChI=1S/C14H19N3/c1-11(16)13-5-7-17(8-6-13)14-4-2-3-12(9-14)10-15/h2-4,9,11,13H,5-8,16H2,1H3. The molecule has 3 nitrogen and oxygen atoms in total. The van der Waals surface area contributed by atoms with Gasteiger partial charge in [-0.1, -0.05) is 6.07 Å². The molecular formula is C14H19N3. The van der Waals surface area contributed by atoms with Crippen LogP contribution in [0.15, 0.2) is 24.3 Å². The minimum atomic E-state index is 0.294. The SMILES string of the molecule is CC(N)C1CCN(c2cccc(C#N)c2)CC1. The smallest absolute Gasteiger partial charge is 0.0992 e. The van der Waals surface area contributed by atoms with Gasteiger partial charge < -0.3 is 10.6 Å². The Morgan fingerprint density at radius 2 is 2.12 bits per heavy atom. The normalized spacial score (nSPS) is 18.8. The zero-order valence-corrected chi connectivity index (χ0v) is 10.3. The van der Waals surface area contributed by atoms with Crippen molar-refractivity contribution in [2.75, 3.05) is 18.0 Å². The first-order valence-electron chi connectivity index (χ1n) is 6.21. The Kier molecular flexibility index (Phi) is 3.65. The third-order valence-corrected chi connectivity index (χ3v) is 3.62. The molecule has 2 N–H and O–H groups in total. The molecule has 1 aliphatic rings. The van der Waals surface area contributed by atoms with E-state index in [-0.39, 0.29) is 0 Å². The molecule has 3 heteroatoms. The van der Waals surface area contributed by atoms with E-state index in [0.29, 0.717) is 12.0 Å². The van der Waals surface area contributed by atoms with Crippen molar-refractivity contribution in [2.45, 2.75) is 25.8 Å². The highest BCUT2D eigenvalue weighted by molar-refractivity contribution is 5.51. The Morgan fingerprint density at radius 1 is 1.41 bits per heavy atom. The average Bonchev–Trinajstić information content (AvgIpc) is 2.39. The molecule has 1 aromatic carbocycles. The molecule has 90 valence electrons. The Balaban J connectivity index is 2.03. The van der Waals surface area contributed by atoms with Gasteiger partial charge in [-0.3, -0.25) is 0 Å². The Bertz CT molecular complexity index is 412. The largest absolute Gasteiger partial charge is 0.371 e. The van der Waals surface area contributed by atoms with E-state index in [0.717, 1.165) is 37.2 Å². The van der Waals surface area contributed by atoms with Gasteiger partial charge in [0.25, 0.3) is 0 Å². The second-order valence-corrected chi connectivity index (χ2v) is 4.85. The van der Waals surface area contributed by atoms with E-state index in [4.69, 9.17) is 11.0 Å². The van der Waals surface area contributed by atoms with Gasteiger partial charge in [0.2, 0.25) is 0 Å². The highest BCUT2D eigenvalue weighted by Gasteiger charge is 2.21. The van der Waals surface area contributed by atoms with Crippen LogP contribution in [0.4, 0.5) is 5.69 Å². The number of piperidine rings is 1. The van der Waals surface area contributed by atoms with Gasteiger partial charge in [-0.2, -0.15) is 5.26 Å². The van der Waals surface area contributed by atoms with Crippen molar-refractivity contribution >= 4 is 5.69 Å². The fourth-order valence-corrected chi connectivity index (χ4v) is 2.46. The summed E-state index contributed by atoms with van der Waals surface area (Å²) in [6.07, 6.45) is 2.29. The van der Waals surface area contributed by atoms with Crippen LogP contribution < -0.4 is 10.6 Å². The summed E-state index contributed by atoms with van der Waals surface area (Å²) in [5.74, 6) is 0.644. The van der Waals surface area contributed by atoms with Crippen LogP contribution in [0.3, 0.4) is 0 Å². The molecule has 2 rings (SSSR count). The maximum absolute atomic E-state index is 8.89. The lowest BCUT2D eigenvalue weighted by Gasteiger charge is -2.35. The molecule has 0 aromatic heterocycles. The van der Waals surface area contributed by atoms with Crippen LogP contribution in [0.1, 0.15) is 25.3 Å². The lowest BCUT2D eigenvalue weighted by atomic mass is 9.90. The predicted molar refractivity (Wildman–Crippen MR) is 69.7 cm³/mol. The number of benzene rings is 1. The summed E-state index contributed by atoms with van der Waals surface area (Å²) in [7, 11) is 0. The van der Waals surface area contributed by atoms with Crippen LogP contribution in [-0.4, -0.2) is 19.1 Å². The van der Waals surface area contributed by atoms with Crippen molar-refractivity contribution in [3.8, 4) is 6.07 Å². The maximum Gasteiger partial charge on any atom is 0.0992 e. The van der Waals surface area contributed by atoms with Crippen molar-refractivity contribution in [2.24, 2.45) is 11.7 Å². The lowest BCUT2D eigenvalue weighted by molar-refractivity contribution is 0.354. The van der Waals surface area contributed by atoms with Gasteiger partial charge in [0.15, 0.2) is 0 Å². The van der Waals surface area contributed by atoms with Crippen molar-refractivity contribution in [1.82, 2.24) is 0 Å². The van der Waals surface area contributed by atoms with E-state index < -0.39 is 0 Å². The van der Waals surface area contributed by atoms with Crippen molar-refractivity contribution in [3.05, 3.63) is 29.8 Å². The molecule has 0 radical (unpaired) electrons. The summed E-state index contributed by atoms with van der Waals surface area (Å²) in [4.78, 5) is 2.35. The third-order valence-electron chi connectivity index (χ3n) is 3.62. The summed E-state index contributed by atoms with van der Waals surface area (Å²) in [5.41, 5.74) is 7.83. The van der Waals surface area contributed by atoms with Gasteiger partial charge >= 0.3 is 0 Å². The Hall–Kier alpha value is -1.53. The van der Waals surface area contributed by atoms with Gasteiger partial charge in [-0.05, 0) is 43.9 Å². The number of hydrogen-bond acceptors (Lipinski definition) is 3. The van der Waals surface area contributed by atoms with Crippen molar-refractivity contribution in [1.29, 1.82) is 5.26 Å². The fraction of sp³-hybridized carbons (Fsp3) is 0.500. The minimum Gasteiger partial charge on any atom is -0.371 e. The molecule has 0 aliphatic carbocycles. The first-order chi connectivity index (χ1) is 8.20. The molecule has 1 unspecified atom stereocenters. The Labute approximate surface area is 103 Å². The first kappa shape index (κ1) is 11.9. The molecule has 0 bridgehead atoms. The Morgan fingerprint density at radius 3 is 2.71 bits per heavy atom. The van der Waals surface area contributed by atoms with Gasteiger partial charge in [0.05, 0.1) is 11.6 Å². The number of nitrogens with two attached hydrogens (primary N) is 1. The molecule has 17 heavy (non-hydrogen) atoms. The summed E-state index contributed by atoms with van der Waals surface area (Å²) in [5, 5.41) is 8.89. The van der Waals surface area contributed by atoms with Crippen LogP contribution in [0.25, 0.3) is 0 Å². The summed E-state index contributed by atoms with van der Waals surface area (Å²) in [6.45, 7) is 4.18. The number of rotatable bonds is 2. The van der Waals surface area contributed by atoms with Crippen LogP contribution in [0, 0.1) is 17.2 Å². The predicted octanol–water partition coefficient (Wildman–Crippen LogP) is 2.12. The number of hydrogen-bond donors (Lipinski definition) is 1. The molecular weight excluding hydrogens is 210 g/mol. The molecule has 1 aliphatic heterocycles. The zero-order chi connectivity index (χ0) is 12.3. The summed E-state index contributed by atoms with van der Waals surface area (Å²) in [6, 6.07) is 10.3. The van der Waals surface area contributed by atoms with E-state index in [1.807, 2.05) is 18.2 Å². The van der Waals surface area contributed by atoms with E-state index in [2.05, 4.69) is 24.0 Å². The number of anilines is 1. The fourth-order valence-electron chi connectivity index (χ4n) is 2.46. The van der Waals surface area contributed by atoms with Gasteiger partial charge in [-0.25, -0.2) is 0 Å². The lowest BCUT2D eigenvalue weighted by Crippen LogP contribution is -2.39. The number of nitriles is 1. The molecule has 1 heterocycles.